The number of anilines is 1. The molecule has 0 aliphatic carbocycles. The maximum Gasteiger partial charge on any atom is 0.410 e. The number of nitrogens with zero attached hydrogens (tertiary/aromatic N) is 3. The number of hydrogen-bond acceptors (Lipinski definition) is 6. The summed E-state index contributed by atoms with van der Waals surface area (Å²) in [6.07, 6.45) is 0.212. The van der Waals surface area contributed by atoms with Gasteiger partial charge in [-0.05, 0) is 39.0 Å². The first kappa shape index (κ1) is 21.5. The number of aryl methyl sites for hydroxylation is 1. The third-order valence-corrected chi connectivity index (χ3v) is 4.73. The Balaban J connectivity index is 1.81. The maximum absolute atomic E-state index is 12.9. The zero-order valence-corrected chi connectivity index (χ0v) is 18.2. The van der Waals surface area contributed by atoms with Gasteiger partial charge >= 0.3 is 6.09 Å². The van der Waals surface area contributed by atoms with Crippen molar-refractivity contribution in [1.82, 2.24) is 14.7 Å². The molecule has 2 amide bonds. The predicted molar refractivity (Wildman–Crippen MR) is 111 cm³/mol. The first-order chi connectivity index (χ1) is 14.1. The lowest BCUT2D eigenvalue weighted by Gasteiger charge is -2.29. The van der Waals surface area contributed by atoms with E-state index in [4.69, 9.17) is 14.2 Å². The number of nitrogens with one attached hydrogen (secondary N) is 1. The summed E-state index contributed by atoms with van der Waals surface area (Å²) >= 11 is 0. The summed E-state index contributed by atoms with van der Waals surface area (Å²) in [5.74, 6) is 1.25. The summed E-state index contributed by atoms with van der Waals surface area (Å²) in [5.41, 5.74) is 1.52. The fourth-order valence-corrected chi connectivity index (χ4v) is 3.30. The van der Waals surface area contributed by atoms with E-state index < -0.39 is 5.60 Å². The molecule has 1 aromatic heterocycles. The zero-order valence-electron chi connectivity index (χ0n) is 18.2. The van der Waals surface area contributed by atoms with E-state index >= 15 is 0 Å². The Labute approximate surface area is 175 Å². The van der Waals surface area contributed by atoms with Crippen LogP contribution in [-0.4, -0.2) is 53.0 Å². The van der Waals surface area contributed by atoms with Crippen LogP contribution in [0.1, 0.15) is 42.4 Å². The molecular formula is C21H28N4O5. The second-order valence-corrected chi connectivity index (χ2v) is 8.07. The molecule has 0 saturated heterocycles. The van der Waals surface area contributed by atoms with Crippen molar-refractivity contribution in [3.05, 3.63) is 35.0 Å². The second kappa shape index (κ2) is 8.25. The third kappa shape index (κ3) is 4.50. The summed E-state index contributed by atoms with van der Waals surface area (Å²) in [6, 6.07) is 4.95. The van der Waals surface area contributed by atoms with Crippen LogP contribution < -0.4 is 14.8 Å². The fraction of sp³-hybridized carbons (Fsp3) is 0.476. The Bertz CT molecular complexity index is 961. The van der Waals surface area contributed by atoms with E-state index in [0.29, 0.717) is 42.4 Å². The topological polar surface area (TPSA) is 94.9 Å². The molecule has 1 N–H and O–H groups in total. The minimum Gasteiger partial charge on any atom is -0.493 e. The predicted octanol–water partition coefficient (Wildman–Crippen LogP) is 2.98. The van der Waals surface area contributed by atoms with E-state index in [1.165, 1.54) is 14.2 Å². The van der Waals surface area contributed by atoms with Crippen LogP contribution in [0.5, 0.6) is 11.5 Å². The van der Waals surface area contributed by atoms with Crippen LogP contribution in [0.2, 0.25) is 0 Å². The molecule has 0 atom stereocenters. The molecular weight excluding hydrogens is 388 g/mol. The summed E-state index contributed by atoms with van der Waals surface area (Å²) < 4.78 is 17.6. The van der Waals surface area contributed by atoms with Gasteiger partial charge in [0, 0.05) is 31.1 Å². The van der Waals surface area contributed by atoms with Gasteiger partial charge in [0.25, 0.3) is 5.91 Å². The number of carbonyl (C=O) groups excluding carboxylic acids is 2. The molecule has 2 aromatic rings. The number of fused-ring (bicyclic) bond motifs is 1. The van der Waals surface area contributed by atoms with Gasteiger partial charge in [0.15, 0.2) is 11.5 Å². The molecule has 9 heteroatoms. The van der Waals surface area contributed by atoms with Crippen molar-refractivity contribution >= 4 is 17.8 Å². The first-order valence-electron chi connectivity index (χ1n) is 9.69. The average molecular weight is 416 g/mol. The number of rotatable bonds is 4. The Hall–Kier alpha value is -3.23. The number of amides is 2. The van der Waals surface area contributed by atoms with Crippen molar-refractivity contribution in [2.45, 2.75) is 39.3 Å². The Morgan fingerprint density at radius 2 is 1.83 bits per heavy atom. The van der Waals surface area contributed by atoms with Crippen molar-refractivity contribution in [1.29, 1.82) is 0 Å². The highest BCUT2D eigenvalue weighted by atomic mass is 16.6. The van der Waals surface area contributed by atoms with E-state index in [1.807, 2.05) is 20.8 Å². The number of ether oxygens (including phenoxy) is 3. The minimum absolute atomic E-state index is 0.309. The summed E-state index contributed by atoms with van der Waals surface area (Å²) in [6.45, 7) is 6.33. The molecule has 1 aliphatic rings. The summed E-state index contributed by atoms with van der Waals surface area (Å²) in [4.78, 5) is 27.0. The highest BCUT2D eigenvalue weighted by molar-refractivity contribution is 6.04. The van der Waals surface area contributed by atoms with E-state index in [2.05, 4.69) is 10.4 Å². The van der Waals surface area contributed by atoms with E-state index in [-0.39, 0.29) is 12.0 Å². The monoisotopic (exact) mass is 416 g/mol. The molecule has 3 rings (SSSR count). The van der Waals surface area contributed by atoms with Crippen molar-refractivity contribution in [3.63, 3.8) is 0 Å². The van der Waals surface area contributed by atoms with Crippen LogP contribution in [0.4, 0.5) is 10.6 Å². The largest absolute Gasteiger partial charge is 0.493 e. The summed E-state index contributed by atoms with van der Waals surface area (Å²) in [5, 5.41) is 7.42. The van der Waals surface area contributed by atoms with Gasteiger partial charge in [-0.15, -0.1) is 0 Å². The van der Waals surface area contributed by atoms with Crippen LogP contribution in [-0.2, 0) is 24.8 Å². The standard InChI is InChI=1S/C21H28N4O5/c1-21(2,3)30-20(27)25-10-9-15-14(12-25)18(24(4)23-15)22-19(26)13-7-8-16(28-5)17(11-13)29-6/h7-8,11H,9-10,12H2,1-6H3,(H,22,26). The molecule has 0 bridgehead atoms. The molecule has 0 radical (unpaired) electrons. The lowest BCUT2D eigenvalue weighted by molar-refractivity contribution is 0.0224. The van der Waals surface area contributed by atoms with Gasteiger partial charge < -0.3 is 24.4 Å². The lowest BCUT2D eigenvalue weighted by atomic mass is 10.1. The van der Waals surface area contributed by atoms with Crippen LogP contribution >= 0.6 is 0 Å². The fourth-order valence-electron chi connectivity index (χ4n) is 3.30. The van der Waals surface area contributed by atoms with Gasteiger partial charge in [-0.1, -0.05) is 0 Å². The van der Waals surface area contributed by atoms with Crippen molar-refractivity contribution in [3.8, 4) is 11.5 Å². The first-order valence-corrected chi connectivity index (χ1v) is 9.69. The van der Waals surface area contributed by atoms with Gasteiger partial charge in [-0.2, -0.15) is 5.10 Å². The number of methoxy groups -OCH3 is 2. The average Bonchev–Trinajstić information content (AvgIpc) is 3.00. The van der Waals surface area contributed by atoms with E-state index in [1.54, 1.807) is 34.8 Å². The molecule has 1 aliphatic heterocycles. The SMILES string of the molecule is COc1ccc(C(=O)Nc2c3c(nn2C)CCN(C(=O)OC(C)(C)C)C3)cc1OC. The molecule has 0 fully saturated rings. The Morgan fingerprint density at radius 1 is 1.13 bits per heavy atom. The molecule has 0 spiro atoms. The number of aromatic nitrogens is 2. The van der Waals surface area contributed by atoms with Crippen LogP contribution in [0.3, 0.4) is 0 Å². The highest BCUT2D eigenvalue weighted by Crippen LogP contribution is 2.30. The second-order valence-electron chi connectivity index (χ2n) is 8.07. The van der Waals surface area contributed by atoms with Crippen molar-refractivity contribution in [2.24, 2.45) is 7.05 Å². The normalized spacial score (nSPS) is 13.5. The lowest BCUT2D eigenvalue weighted by Crippen LogP contribution is -2.40. The zero-order chi connectivity index (χ0) is 22.1. The van der Waals surface area contributed by atoms with Gasteiger partial charge in [-0.3, -0.25) is 9.48 Å². The van der Waals surface area contributed by atoms with Gasteiger partial charge in [0.2, 0.25) is 0 Å². The highest BCUT2D eigenvalue weighted by Gasteiger charge is 2.30. The number of hydrogen-bond donors (Lipinski definition) is 1. The van der Waals surface area contributed by atoms with Crippen LogP contribution in [0.15, 0.2) is 18.2 Å². The van der Waals surface area contributed by atoms with E-state index in [9.17, 15) is 9.59 Å². The van der Waals surface area contributed by atoms with Crippen LogP contribution in [0.25, 0.3) is 0 Å². The van der Waals surface area contributed by atoms with Gasteiger partial charge in [0.1, 0.15) is 11.4 Å². The van der Waals surface area contributed by atoms with Crippen molar-refractivity contribution in [2.75, 3.05) is 26.1 Å². The van der Waals surface area contributed by atoms with Crippen molar-refractivity contribution < 1.29 is 23.8 Å². The van der Waals surface area contributed by atoms with E-state index in [0.717, 1.165) is 11.3 Å². The molecule has 0 saturated carbocycles. The Kier molecular flexibility index (Phi) is 5.91. The molecule has 9 nitrogen and oxygen atoms in total. The number of carbonyl (C=O) groups is 2. The molecule has 0 unspecified atom stereocenters. The summed E-state index contributed by atoms with van der Waals surface area (Å²) in [7, 11) is 4.82. The molecule has 162 valence electrons. The van der Waals surface area contributed by atoms with Gasteiger partial charge in [0.05, 0.1) is 26.5 Å². The molecule has 1 aromatic carbocycles. The number of benzene rings is 1. The Morgan fingerprint density at radius 3 is 2.47 bits per heavy atom. The third-order valence-electron chi connectivity index (χ3n) is 4.73. The van der Waals surface area contributed by atoms with Gasteiger partial charge in [-0.25, -0.2) is 4.79 Å². The quantitative estimate of drug-likeness (QED) is 0.823. The van der Waals surface area contributed by atoms with Crippen LogP contribution in [0, 0.1) is 0 Å². The smallest absolute Gasteiger partial charge is 0.410 e. The molecule has 30 heavy (non-hydrogen) atoms. The molecule has 2 heterocycles. The maximum atomic E-state index is 12.9. The minimum atomic E-state index is -0.573.